The van der Waals surface area contributed by atoms with Crippen LogP contribution in [0.4, 0.5) is 0 Å². The van der Waals surface area contributed by atoms with Crippen LogP contribution in [0.15, 0.2) is 0 Å². The number of hydrogen-bond acceptors (Lipinski definition) is 3. The summed E-state index contributed by atoms with van der Waals surface area (Å²) in [5.41, 5.74) is 0. The summed E-state index contributed by atoms with van der Waals surface area (Å²) in [4.78, 5) is 23.7. The molecule has 11 heavy (non-hydrogen) atoms. The van der Waals surface area contributed by atoms with E-state index in [2.05, 4.69) is 9.12 Å². The van der Waals surface area contributed by atoms with Crippen LogP contribution in [0.5, 0.6) is 0 Å². The maximum absolute atomic E-state index is 10.9. The van der Waals surface area contributed by atoms with Crippen LogP contribution in [0.1, 0.15) is 6.42 Å². The topological polar surface area (TPSA) is 37.4 Å². The van der Waals surface area contributed by atoms with Gasteiger partial charge in [0.25, 0.3) is 0 Å². The fourth-order valence-corrected chi connectivity index (χ4v) is 1.34. The number of hydrogen-bond donors (Lipinski definition) is 0. The van der Waals surface area contributed by atoms with E-state index in [-0.39, 0.29) is 24.6 Å². The van der Waals surface area contributed by atoms with Crippen molar-refractivity contribution in [3.8, 4) is 0 Å². The molecule has 0 aliphatic carbocycles. The first-order chi connectivity index (χ1) is 5.09. The average molecular weight is 171 g/mol. The van der Waals surface area contributed by atoms with Gasteiger partial charge in [-0.3, -0.25) is 9.59 Å². The molecule has 5 heteroatoms. The Bertz CT molecular complexity index is 179. The Morgan fingerprint density at radius 1 is 1.36 bits per heavy atom. The number of carbonyl (C=O) groups excluding carboxylic acids is 2. The van der Waals surface area contributed by atoms with E-state index in [9.17, 15) is 9.59 Å². The molecular formula is C6H11BNO2P. The molecule has 0 N–H and O–H groups in total. The van der Waals surface area contributed by atoms with Crippen molar-refractivity contribution in [1.29, 1.82) is 0 Å². The molecular weight excluding hydrogens is 160 g/mol. The van der Waals surface area contributed by atoms with Crippen LogP contribution in [0.25, 0.3) is 0 Å². The molecule has 0 aromatic heterocycles. The predicted octanol–water partition coefficient (Wildman–Crippen LogP) is -0.177. The fourth-order valence-electron chi connectivity index (χ4n) is 1.13. The summed E-state index contributed by atoms with van der Waals surface area (Å²) in [6.07, 6.45) is 0.133. The van der Waals surface area contributed by atoms with Crippen molar-refractivity contribution in [3.63, 3.8) is 0 Å². The molecule has 1 saturated heterocycles. The first-order valence-electron chi connectivity index (χ1n) is 3.62. The quantitative estimate of drug-likeness (QED) is 0.312. The summed E-state index contributed by atoms with van der Waals surface area (Å²) in [5, 5.41) is 0. The third-order valence-corrected chi connectivity index (χ3v) is 2.15. The second-order valence-electron chi connectivity index (χ2n) is 2.90. The number of piperidine rings is 1. The van der Waals surface area contributed by atoms with Gasteiger partial charge >= 0.3 is 0 Å². The summed E-state index contributed by atoms with van der Waals surface area (Å²) in [7, 11) is 2.58. The van der Waals surface area contributed by atoms with Crippen molar-refractivity contribution in [2.24, 2.45) is 0 Å². The normalized spacial score (nSPS) is 20.5. The Hall–Kier alpha value is -0.205. The van der Waals surface area contributed by atoms with Gasteiger partial charge in [0.05, 0.1) is 6.42 Å². The largest absolute Gasteiger partial charge is 0.326 e. The van der Waals surface area contributed by atoms with Gasteiger partial charge in [-0.1, -0.05) is 6.82 Å². The number of rotatable bonds is 1. The molecule has 1 aliphatic rings. The summed E-state index contributed by atoms with van der Waals surface area (Å²) in [6, 6.07) is 0. The minimum atomic E-state index is 0.0375. The average Bonchev–Trinajstić information content (AvgIpc) is 1.85. The predicted molar refractivity (Wildman–Crippen MR) is 47.5 cm³/mol. The van der Waals surface area contributed by atoms with E-state index in [1.54, 1.807) is 0 Å². The van der Waals surface area contributed by atoms with Crippen molar-refractivity contribution in [2.75, 3.05) is 13.1 Å². The van der Waals surface area contributed by atoms with Gasteiger partial charge in [-0.25, -0.2) is 0 Å². The highest BCUT2D eigenvalue weighted by atomic mass is 31.0. The molecule has 1 heterocycles. The monoisotopic (exact) mass is 171 g/mol. The van der Waals surface area contributed by atoms with Crippen LogP contribution in [0.2, 0.25) is 6.82 Å². The maximum Gasteiger partial charge on any atom is 0.243 e. The van der Waals surface area contributed by atoms with E-state index in [0.717, 1.165) is 0 Å². The molecule has 1 unspecified atom stereocenters. The minimum absolute atomic E-state index is 0.0375. The standard InChI is InChI=1S/C6H11BNO2P/c1-7(11)8-3-5(9)2-6(10)4-8/h2-4,11H2,1H3. The Balaban J connectivity index is 2.56. The lowest BCUT2D eigenvalue weighted by molar-refractivity contribution is -0.130. The molecule has 0 amide bonds. The molecule has 0 bridgehead atoms. The van der Waals surface area contributed by atoms with E-state index >= 15 is 0 Å². The number of carbonyl (C=O) groups is 2. The van der Waals surface area contributed by atoms with Gasteiger partial charge in [-0.2, -0.15) is 9.12 Å². The highest BCUT2D eigenvalue weighted by molar-refractivity contribution is 7.61. The smallest absolute Gasteiger partial charge is 0.243 e. The van der Waals surface area contributed by atoms with Gasteiger partial charge in [-0.05, 0) is 0 Å². The molecule has 1 aliphatic heterocycles. The van der Waals surface area contributed by atoms with E-state index < -0.39 is 0 Å². The lowest BCUT2D eigenvalue weighted by Gasteiger charge is -2.26. The van der Waals surface area contributed by atoms with Gasteiger partial charge in [0.15, 0.2) is 11.6 Å². The maximum atomic E-state index is 10.9. The van der Waals surface area contributed by atoms with Crippen molar-refractivity contribution < 1.29 is 9.59 Å². The number of nitrogens with zero attached hydrogens (tertiary/aromatic N) is 1. The first kappa shape index (κ1) is 8.89. The summed E-state index contributed by atoms with van der Waals surface area (Å²) in [6.45, 7) is 3.02. The molecule has 0 radical (unpaired) electrons. The highest BCUT2D eigenvalue weighted by Gasteiger charge is 2.25. The van der Waals surface area contributed by atoms with Crippen LogP contribution >= 0.6 is 9.12 Å². The zero-order chi connectivity index (χ0) is 8.43. The first-order valence-corrected chi connectivity index (χ1v) is 4.29. The van der Waals surface area contributed by atoms with Crippen molar-refractivity contribution in [2.45, 2.75) is 13.2 Å². The van der Waals surface area contributed by atoms with Crippen molar-refractivity contribution in [1.82, 2.24) is 4.81 Å². The molecule has 0 aromatic rings. The summed E-state index contributed by atoms with van der Waals surface area (Å²) in [5.74, 6) is 0.0751. The molecule has 0 saturated carbocycles. The van der Waals surface area contributed by atoms with Crippen LogP contribution < -0.4 is 0 Å². The number of Topliss-reactive ketones (excluding diaryl/α,β-unsaturated/α-hetero) is 2. The van der Waals surface area contributed by atoms with Crippen LogP contribution in [0.3, 0.4) is 0 Å². The van der Waals surface area contributed by atoms with Crippen LogP contribution in [-0.2, 0) is 9.59 Å². The molecule has 1 atom stereocenters. The van der Waals surface area contributed by atoms with E-state index in [4.69, 9.17) is 0 Å². The summed E-state index contributed by atoms with van der Waals surface area (Å²) < 4.78 is 0. The van der Waals surface area contributed by atoms with E-state index in [0.29, 0.717) is 13.1 Å². The van der Waals surface area contributed by atoms with Gasteiger partial charge in [0.2, 0.25) is 6.57 Å². The zero-order valence-corrected chi connectivity index (χ0v) is 7.69. The molecule has 1 fully saturated rings. The second kappa shape index (κ2) is 3.46. The Kier molecular flexibility index (Phi) is 2.80. The van der Waals surface area contributed by atoms with Crippen molar-refractivity contribution >= 4 is 27.3 Å². The van der Waals surface area contributed by atoms with E-state index in [1.807, 2.05) is 11.6 Å². The van der Waals surface area contributed by atoms with Crippen molar-refractivity contribution in [3.05, 3.63) is 0 Å². The molecule has 3 nitrogen and oxygen atoms in total. The van der Waals surface area contributed by atoms with Gasteiger partial charge < -0.3 is 4.81 Å². The lowest BCUT2D eigenvalue weighted by atomic mass is 9.89. The fraction of sp³-hybridized carbons (Fsp3) is 0.667. The summed E-state index contributed by atoms with van der Waals surface area (Å²) >= 11 is 0. The Morgan fingerprint density at radius 2 is 1.82 bits per heavy atom. The van der Waals surface area contributed by atoms with Gasteiger partial charge in [-0.15, -0.1) is 0 Å². The molecule has 0 aromatic carbocycles. The lowest BCUT2D eigenvalue weighted by Crippen LogP contribution is -2.45. The Labute approximate surface area is 68.8 Å². The third kappa shape index (κ3) is 2.39. The second-order valence-corrected chi connectivity index (χ2v) is 3.86. The third-order valence-electron chi connectivity index (χ3n) is 1.73. The van der Waals surface area contributed by atoms with Crippen LogP contribution in [0, 0.1) is 0 Å². The number of ketones is 2. The zero-order valence-electron chi connectivity index (χ0n) is 6.54. The molecule has 0 spiro atoms. The van der Waals surface area contributed by atoms with Crippen LogP contribution in [-0.4, -0.2) is 36.0 Å². The minimum Gasteiger partial charge on any atom is -0.326 e. The highest BCUT2D eigenvalue weighted by Crippen LogP contribution is 2.08. The molecule has 1 rings (SSSR count). The van der Waals surface area contributed by atoms with E-state index in [1.165, 1.54) is 0 Å². The SMILES string of the molecule is CB(P)N1CC(=O)CC(=O)C1. The van der Waals surface area contributed by atoms with Gasteiger partial charge in [0, 0.05) is 13.1 Å². The Morgan fingerprint density at radius 3 is 2.18 bits per heavy atom. The van der Waals surface area contributed by atoms with Gasteiger partial charge in [0.1, 0.15) is 0 Å². The molecule has 60 valence electrons.